The highest BCUT2D eigenvalue weighted by molar-refractivity contribution is 6.11. The summed E-state index contributed by atoms with van der Waals surface area (Å²) in [6.07, 6.45) is 0. The van der Waals surface area contributed by atoms with Crippen LogP contribution in [0.1, 0.15) is 34.6 Å². The first-order chi connectivity index (χ1) is 9.43. The summed E-state index contributed by atoms with van der Waals surface area (Å²) in [7, 11) is 0. The quantitative estimate of drug-likeness (QED) is 0.466. The molecular formula is C13H15N3O4. The van der Waals surface area contributed by atoms with E-state index < -0.39 is 11.9 Å². The summed E-state index contributed by atoms with van der Waals surface area (Å²) in [6, 6.07) is 3.54. The van der Waals surface area contributed by atoms with Gasteiger partial charge in [0.25, 0.3) is 11.8 Å². The van der Waals surface area contributed by atoms with Crippen LogP contribution in [0.5, 0.6) is 0 Å². The van der Waals surface area contributed by atoms with Crippen LogP contribution in [0.2, 0.25) is 0 Å². The standard InChI is InChI=1S/C13H15N3O4/c1-6(2)10-13(19)14-9-5-7(11(17)16-20)3-4-8(9)12(18)15-10/h3-6,10,20H,1-2H3,(H,14,19)(H,15,18)(H,16,17). The van der Waals surface area contributed by atoms with Gasteiger partial charge in [0.15, 0.2) is 0 Å². The summed E-state index contributed by atoms with van der Waals surface area (Å²) < 4.78 is 0. The van der Waals surface area contributed by atoms with Crippen LogP contribution in [-0.2, 0) is 4.79 Å². The number of amides is 3. The molecule has 0 radical (unpaired) electrons. The number of carbonyl (C=O) groups excluding carboxylic acids is 3. The normalized spacial score (nSPS) is 17.9. The Morgan fingerprint density at radius 3 is 2.65 bits per heavy atom. The maximum atomic E-state index is 12.1. The van der Waals surface area contributed by atoms with Crippen molar-refractivity contribution in [2.75, 3.05) is 5.32 Å². The molecule has 20 heavy (non-hydrogen) atoms. The van der Waals surface area contributed by atoms with E-state index in [0.717, 1.165) is 0 Å². The topological polar surface area (TPSA) is 108 Å². The molecule has 0 spiro atoms. The minimum absolute atomic E-state index is 0.0616. The Kier molecular flexibility index (Phi) is 3.71. The average Bonchev–Trinajstić information content (AvgIpc) is 2.54. The second-order valence-corrected chi connectivity index (χ2v) is 4.89. The number of hydroxylamine groups is 1. The second-order valence-electron chi connectivity index (χ2n) is 4.89. The molecule has 1 unspecified atom stereocenters. The Hall–Kier alpha value is -2.41. The van der Waals surface area contributed by atoms with Gasteiger partial charge in [-0.05, 0) is 24.1 Å². The number of carbonyl (C=O) groups is 3. The minimum atomic E-state index is -0.716. The number of benzene rings is 1. The van der Waals surface area contributed by atoms with E-state index in [1.807, 2.05) is 13.8 Å². The Bertz CT molecular complexity index is 583. The number of nitrogens with one attached hydrogen (secondary N) is 3. The molecular weight excluding hydrogens is 262 g/mol. The third-order valence-corrected chi connectivity index (χ3v) is 3.12. The number of hydrogen-bond acceptors (Lipinski definition) is 4. The monoisotopic (exact) mass is 277 g/mol. The molecule has 0 fully saturated rings. The van der Waals surface area contributed by atoms with Crippen LogP contribution >= 0.6 is 0 Å². The van der Waals surface area contributed by atoms with E-state index in [1.165, 1.54) is 23.7 Å². The maximum absolute atomic E-state index is 12.1. The first-order valence-electron chi connectivity index (χ1n) is 6.14. The zero-order valence-corrected chi connectivity index (χ0v) is 11.1. The summed E-state index contributed by atoms with van der Waals surface area (Å²) in [5.74, 6) is -1.50. The molecule has 0 saturated carbocycles. The van der Waals surface area contributed by atoms with Gasteiger partial charge in [-0.3, -0.25) is 19.6 Å². The Morgan fingerprint density at radius 2 is 2.05 bits per heavy atom. The van der Waals surface area contributed by atoms with Crippen LogP contribution < -0.4 is 16.1 Å². The van der Waals surface area contributed by atoms with Gasteiger partial charge in [0.1, 0.15) is 6.04 Å². The summed E-state index contributed by atoms with van der Waals surface area (Å²) in [4.78, 5) is 35.4. The molecule has 0 saturated heterocycles. The summed E-state index contributed by atoms with van der Waals surface area (Å²) in [6.45, 7) is 3.65. The fourth-order valence-electron chi connectivity index (χ4n) is 2.02. The van der Waals surface area contributed by atoms with Gasteiger partial charge >= 0.3 is 0 Å². The SMILES string of the molecule is CC(C)C1NC(=O)c2ccc(C(=O)NO)cc2NC1=O. The van der Waals surface area contributed by atoms with E-state index in [4.69, 9.17) is 5.21 Å². The summed E-state index contributed by atoms with van der Waals surface area (Å²) in [5.41, 5.74) is 2.16. The van der Waals surface area contributed by atoms with Crippen LogP contribution in [0.15, 0.2) is 18.2 Å². The highest BCUT2D eigenvalue weighted by atomic mass is 16.5. The molecule has 0 aliphatic carbocycles. The van der Waals surface area contributed by atoms with E-state index in [1.54, 1.807) is 0 Å². The van der Waals surface area contributed by atoms with Crippen LogP contribution in [0.4, 0.5) is 5.69 Å². The van der Waals surface area contributed by atoms with Crippen molar-refractivity contribution < 1.29 is 19.6 Å². The van der Waals surface area contributed by atoms with Crippen molar-refractivity contribution in [1.82, 2.24) is 10.8 Å². The van der Waals surface area contributed by atoms with E-state index in [0.29, 0.717) is 0 Å². The molecule has 1 aromatic rings. The molecule has 1 aromatic carbocycles. The lowest BCUT2D eigenvalue weighted by Crippen LogP contribution is -2.44. The first kappa shape index (κ1) is 14.0. The smallest absolute Gasteiger partial charge is 0.274 e. The Balaban J connectivity index is 2.42. The molecule has 7 nitrogen and oxygen atoms in total. The van der Waals surface area contributed by atoms with Gasteiger partial charge < -0.3 is 10.6 Å². The minimum Gasteiger partial charge on any atom is -0.340 e. The number of rotatable bonds is 2. The molecule has 3 amide bonds. The first-order valence-corrected chi connectivity index (χ1v) is 6.14. The van der Waals surface area contributed by atoms with Crippen molar-refractivity contribution in [2.45, 2.75) is 19.9 Å². The number of anilines is 1. The largest absolute Gasteiger partial charge is 0.340 e. The molecule has 1 heterocycles. The van der Waals surface area contributed by atoms with Gasteiger partial charge in [-0.1, -0.05) is 13.8 Å². The second kappa shape index (κ2) is 5.30. The molecule has 1 aliphatic heterocycles. The number of fused-ring (bicyclic) bond motifs is 1. The van der Waals surface area contributed by atoms with Gasteiger partial charge in [-0.25, -0.2) is 5.48 Å². The third kappa shape index (κ3) is 2.48. The molecule has 1 aliphatic rings. The predicted molar refractivity (Wildman–Crippen MR) is 70.4 cm³/mol. The van der Waals surface area contributed by atoms with E-state index >= 15 is 0 Å². The zero-order chi connectivity index (χ0) is 14.9. The van der Waals surface area contributed by atoms with Crippen molar-refractivity contribution in [2.24, 2.45) is 5.92 Å². The fraction of sp³-hybridized carbons (Fsp3) is 0.308. The number of hydrogen-bond donors (Lipinski definition) is 4. The average molecular weight is 277 g/mol. The van der Waals surface area contributed by atoms with Crippen LogP contribution in [0.25, 0.3) is 0 Å². The molecule has 0 aromatic heterocycles. The lowest BCUT2D eigenvalue weighted by molar-refractivity contribution is -0.118. The van der Waals surface area contributed by atoms with E-state index in [9.17, 15) is 14.4 Å². The van der Waals surface area contributed by atoms with Crippen molar-refractivity contribution in [3.8, 4) is 0 Å². The molecule has 0 bridgehead atoms. The van der Waals surface area contributed by atoms with Crippen molar-refractivity contribution in [3.63, 3.8) is 0 Å². The molecule has 4 N–H and O–H groups in total. The van der Waals surface area contributed by atoms with Gasteiger partial charge in [0.05, 0.1) is 11.3 Å². The van der Waals surface area contributed by atoms with Gasteiger partial charge in [-0.2, -0.15) is 0 Å². The summed E-state index contributed by atoms with van der Waals surface area (Å²) >= 11 is 0. The highest BCUT2D eigenvalue weighted by Crippen LogP contribution is 2.22. The molecule has 1 atom stereocenters. The third-order valence-electron chi connectivity index (χ3n) is 3.12. The predicted octanol–water partition coefficient (Wildman–Crippen LogP) is 0.512. The van der Waals surface area contributed by atoms with Crippen LogP contribution in [0, 0.1) is 5.92 Å². The van der Waals surface area contributed by atoms with E-state index in [-0.39, 0.29) is 34.5 Å². The van der Waals surface area contributed by atoms with Gasteiger partial charge in [0, 0.05) is 5.56 Å². The lowest BCUT2D eigenvalue weighted by Gasteiger charge is -2.17. The van der Waals surface area contributed by atoms with Gasteiger partial charge in [0.2, 0.25) is 5.91 Å². The zero-order valence-electron chi connectivity index (χ0n) is 11.1. The lowest BCUT2D eigenvalue weighted by atomic mass is 10.0. The van der Waals surface area contributed by atoms with Gasteiger partial charge in [-0.15, -0.1) is 0 Å². The Morgan fingerprint density at radius 1 is 1.35 bits per heavy atom. The van der Waals surface area contributed by atoms with Crippen molar-refractivity contribution >= 4 is 23.4 Å². The fourth-order valence-corrected chi connectivity index (χ4v) is 2.02. The van der Waals surface area contributed by atoms with E-state index in [2.05, 4.69) is 10.6 Å². The summed E-state index contributed by atoms with van der Waals surface area (Å²) in [5, 5.41) is 13.9. The maximum Gasteiger partial charge on any atom is 0.274 e. The Labute approximate surface area is 115 Å². The van der Waals surface area contributed by atoms with Crippen LogP contribution in [0.3, 0.4) is 0 Å². The molecule has 106 valence electrons. The highest BCUT2D eigenvalue weighted by Gasteiger charge is 2.30. The molecule has 2 rings (SSSR count). The molecule has 7 heteroatoms. The van der Waals surface area contributed by atoms with Crippen molar-refractivity contribution in [3.05, 3.63) is 29.3 Å². The van der Waals surface area contributed by atoms with Crippen molar-refractivity contribution in [1.29, 1.82) is 0 Å². The van der Waals surface area contributed by atoms with Crippen LogP contribution in [-0.4, -0.2) is 29.0 Å².